The molecule has 0 saturated carbocycles. The van der Waals surface area contributed by atoms with Gasteiger partial charge in [0.25, 0.3) is 0 Å². The first-order valence-electron chi connectivity index (χ1n) is 8.38. The van der Waals surface area contributed by atoms with Gasteiger partial charge in [0.05, 0.1) is 12.1 Å². The molecule has 1 aromatic carbocycles. The van der Waals surface area contributed by atoms with Crippen LogP contribution in [0.25, 0.3) is 11.3 Å². The third kappa shape index (κ3) is 4.39. The maximum Gasteiger partial charge on any atom is 0.134 e. The number of furan rings is 1. The zero-order valence-corrected chi connectivity index (χ0v) is 15.1. The Kier molecular flexibility index (Phi) is 5.30. The van der Waals surface area contributed by atoms with E-state index in [4.69, 9.17) is 16.0 Å². The number of rotatable bonds is 5. The van der Waals surface area contributed by atoms with Crippen LogP contribution in [0.1, 0.15) is 18.6 Å². The maximum absolute atomic E-state index is 10.8. The molecule has 2 aromatic rings. The first-order valence-corrected chi connectivity index (χ1v) is 8.75. The first kappa shape index (κ1) is 17.5. The standard InChI is InChI=1S/C19H25ClN2O2/c1-21(2)13-19(23)10-3-11-22(14-19)12-17-8-9-18(24-17)15-4-6-16(20)7-5-15/h4-9,23H,3,10-14H2,1-2H3/t19-/m1/s1. The van der Waals surface area contributed by atoms with Crippen molar-refractivity contribution in [3.8, 4) is 11.3 Å². The normalized spacial score (nSPS) is 22.2. The summed E-state index contributed by atoms with van der Waals surface area (Å²) in [4.78, 5) is 4.33. The number of likely N-dealkylation sites (N-methyl/N-ethyl adjacent to an activating group) is 1. The second kappa shape index (κ2) is 7.28. The highest BCUT2D eigenvalue weighted by atomic mass is 35.5. The molecule has 0 spiro atoms. The Morgan fingerprint density at radius 3 is 2.67 bits per heavy atom. The van der Waals surface area contributed by atoms with Gasteiger partial charge in [-0.15, -0.1) is 0 Å². The largest absolute Gasteiger partial charge is 0.460 e. The average molecular weight is 349 g/mol. The number of halogens is 1. The van der Waals surface area contributed by atoms with E-state index in [2.05, 4.69) is 9.80 Å². The lowest BCUT2D eigenvalue weighted by Gasteiger charge is -2.40. The molecule has 3 rings (SSSR count). The summed E-state index contributed by atoms with van der Waals surface area (Å²) in [6.07, 6.45) is 1.87. The van der Waals surface area contributed by atoms with E-state index in [9.17, 15) is 5.11 Å². The minimum atomic E-state index is -0.632. The lowest BCUT2D eigenvalue weighted by Crippen LogP contribution is -2.52. The third-order valence-electron chi connectivity index (χ3n) is 4.41. The summed E-state index contributed by atoms with van der Waals surface area (Å²) in [7, 11) is 4.00. The van der Waals surface area contributed by atoms with Crippen molar-refractivity contribution in [1.82, 2.24) is 9.80 Å². The van der Waals surface area contributed by atoms with Gasteiger partial charge in [-0.25, -0.2) is 0 Å². The van der Waals surface area contributed by atoms with E-state index in [1.807, 2.05) is 50.5 Å². The molecule has 5 heteroatoms. The van der Waals surface area contributed by atoms with Gasteiger partial charge in [-0.1, -0.05) is 11.6 Å². The van der Waals surface area contributed by atoms with Crippen LogP contribution in [0.4, 0.5) is 0 Å². The molecule has 1 atom stereocenters. The summed E-state index contributed by atoms with van der Waals surface area (Å²) >= 11 is 5.93. The molecule has 130 valence electrons. The molecule has 0 radical (unpaired) electrons. The van der Waals surface area contributed by atoms with Crippen molar-refractivity contribution in [1.29, 1.82) is 0 Å². The van der Waals surface area contributed by atoms with Crippen molar-refractivity contribution in [3.63, 3.8) is 0 Å². The lowest BCUT2D eigenvalue weighted by atomic mass is 9.92. The summed E-state index contributed by atoms with van der Waals surface area (Å²) in [6, 6.07) is 11.7. The van der Waals surface area contributed by atoms with Gasteiger partial charge in [0, 0.05) is 23.7 Å². The van der Waals surface area contributed by atoms with Crippen LogP contribution in [0.15, 0.2) is 40.8 Å². The Bertz CT molecular complexity index is 668. The zero-order chi connectivity index (χ0) is 17.2. The molecular formula is C19H25ClN2O2. The van der Waals surface area contributed by atoms with Crippen LogP contribution in [0.3, 0.4) is 0 Å². The first-order chi connectivity index (χ1) is 11.4. The van der Waals surface area contributed by atoms with Crippen molar-refractivity contribution in [2.45, 2.75) is 25.0 Å². The van der Waals surface area contributed by atoms with Crippen molar-refractivity contribution in [2.24, 2.45) is 0 Å². The fourth-order valence-electron chi connectivity index (χ4n) is 3.51. The number of nitrogens with zero attached hydrogens (tertiary/aromatic N) is 2. The SMILES string of the molecule is CN(C)C[C@]1(O)CCCN(Cc2ccc(-c3ccc(Cl)cc3)o2)C1. The summed E-state index contributed by atoms with van der Waals surface area (Å²) in [5, 5.41) is 11.5. The molecule has 24 heavy (non-hydrogen) atoms. The third-order valence-corrected chi connectivity index (χ3v) is 4.67. The molecule has 4 nitrogen and oxygen atoms in total. The monoisotopic (exact) mass is 348 g/mol. The van der Waals surface area contributed by atoms with Gasteiger partial charge in [0.1, 0.15) is 11.5 Å². The number of piperidine rings is 1. The van der Waals surface area contributed by atoms with E-state index in [0.717, 1.165) is 48.0 Å². The van der Waals surface area contributed by atoms with E-state index < -0.39 is 5.60 Å². The molecule has 1 saturated heterocycles. The Morgan fingerprint density at radius 1 is 1.21 bits per heavy atom. The van der Waals surface area contributed by atoms with Crippen LogP contribution in [-0.4, -0.2) is 54.2 Å². The Hall–Kier alpha value is -1.33. The second-order valence-corrected chi connectivity index (χ2v) is 7.49. The fourth-order valence-corrected chi connectivity index (χ4v) is 3.64. The van der Waals surface area contributed by atoms with Gasteiger partial charge >= 0.3 is 0 Å². The van der Waals surface area contributed by atoms with Gasteiger partial charge in [0.2, 0.25) is 0 Å². The van der Waals surface area contributed by atoms with E-state index >= 15 is 0 Å². The molecule has 1 aliphatic rings. The van der Waals surface area contributed by atoms with Crippen molar-refractivity contribution < 1.29 is 9.52 Å². The Morgan fingerprint density at radius 2 is 1.96 bits per heavy atom. The summed E-state index contributed by atoms with van der Waals surface area (Å²) in [6.45, 7) is 3.09. The molecule has 1 aliphatic heterocycles. The van der Waals surface area contributed by atoms with Crippen molar-refractivity contribution in [3.05, 3.63) is 47.2 Å². The van der Waals surface area contributed by atoms with Gasteiger partial charge in [0.15, 0.2) is 0 Å². The van der Waals surface area contributed by atoms with E-state index in [1.54, 1.807) is 0 Å². The van der Waals surface area contributed by atoms with Crippen molar-refractivity contribution in [2.75, 3.05) is 33.7 Å². The molecule has 0 unspecified atom stereocenters. The molecule has 0 bridgehead atoms. The molecule has 0 aliphatic carbocycles. The number of likely N-dealkylation sites (tertiary alicyclic amines) is 1. The second-order valence-electron chi connectivity index (χ2n) is 7.05. The predicted octanol–water partition coefficient (Wildman–Crippen LogP) is 3.49. The van der Waals surface area contributed by atoms with Crippen LogP contribution in [-0.2, 0) is 6.54 Å². The predicted molar refractivity (Wildman–Crippen MR) is 97.2 cm³/mol. The minimum Gasteiger partial charge on any atom is -0.460 e. The Labute approximate surface area is 148 Å². The molecule has 0 amide bonds. The lowest BCUT2D eigenvalue weighted by molar-refractivity contribution is -0.0492. The number of hydrogen-bond donors (Lipinski definition) is 1. The summed E-state index contributed by atoms with van der Waals surface area (Å²) < 4.78 is 5.98. The maximum atomic E-state index is 10.8. The molecule has 1 aromatic heterocycles. The Balaban J connectivity index is 1.65. The highest BCUT2D eigenvalue weighted by molar-refractivity contribution is 6.30. The molecule has 1 fully saturated rings. The smallest absolute Gasteiger partial charge is 0.134 e. The van der Waals surface area contributed by atoms with Gasteiger partial charge < -0.3 is 14.4 Å². The number of aliphatic hydroxyl groups is 1. The van der Waals surface area contributed by atoms with Crippen LogP contribution >= 0.6 is 11.6 Å². The highest BCUT2D eigenvalue weighted by Crippen LogP contribution is 2.27. The van der Waals surface area contributed by atoms with E-state index in [1.165, 1.54) is 0 Å². The summed E-state index contributed by atoms with van der Waals surface area (Å²) in [5.41, 5.74) is 0.390. The van der Waals surface area contributed by atoms with Gasteiger partial charge in [-0.2, -0.15) is 0 Å². The number of hydrogen-bond acceptors (Lipinski definition) is 4. The van der Waals surface area contributed by atoms with Crippen LogP contribution in [0, 0.1) is 0 Å². The van der Waals surface area contributed by atoms with Crippen molar-refractivity contribution >= 4 is 11.6 Å². The van der Waals surface area contributed by atoms with E-state index in [0.29, 0.717) is 13.1 Å². The van der Waals surface area contributed by atoms with Crippen LogP contribution in [0.5, 0.6) is 0 Å². The van der Waals surface area contributed by atoms with Gasteiger partial charge in [-0.05, 0) is 69.9 Å². The van der Waals surface area contributed by atoms with Gasteiger partial charge in [-0.3, -0.25) is 4.90 Å². The topological polar surface area (TPSA) is 39.9 Å². The summed E-state index contributed by atoms with van der Waals surface area (Å²) in [5.74, 6) is 1.77. The highest BCUT2D eigenvalue weighted by Gasteiger charge is 2.33. The minimum absolute atomic E-state index is 0.632. The number of β-amino-alcohol motifs (C(OH)–C–C–N with tert-alkyl or cyclic N) is 1. The molecule has 2 heterocycles. The number of benzene rings is 1. The molecule has 1 N–H and O–H groups in total. The van der Waals surface area contributed by atoms with Crippen LogP contribution < -0.4 is 0 Å². The average Bonchev–Trinajstić information content (AvgIpc) is 2.95. The fraction of sp³-hybridized carbons (Fsp3) is 0.474. The van der Waals surface area contributed by atoms with Crippen LogP contribution in [0.2, 0.25) is 5.02 Å². The quantitative estimate of drug-likeness (QED) is 0.897. The molecular weight excluding hydrogens is 324 g/mol. The van der Waals surface area contributed by atoms with E-state index in [-0.39, 0.29) is 0 Å². The zero-order valence-electron chi connectivity index (χ0n) is 14.3.